The monoisotopic (exact) mass is 252 g/mol. The zero-order valence-corrected chi connectivity index (χ0v) is 10.0. The highest BCUT2D eigenvalue weighted by molar-refractivity contribution is 6.29. The zero-order chi connectivity index (χ0) is 11.8. The molecule has 1 saturated carbocycles. The van der Waals surface area contributed by atoms with Crippen LogP contribution in [0.3, 0.4) is 0 Å². The highest BCUT2D eigenvalue weighted by atomic mass is 35.5. The molecular weight excluding hydrogens is 240 g/mol. The van der Waals surface area contributed by atoms with E-state index in [-0.39, 0.29) is 6.10 Å². The molecule has 3 rings (SSSR count). The van der Waals surface area contributed by atoms with Crippen molar-refractivity contribution in [2.75, 3.05) is 0 Å². The van der Waals surface area contributed by atoms with E-state index in [1.54, 1.807) is 6.20 Å². The van der Waals surface area contributed by atoms with Crippen LogP contribution in [0.4, 0.5) is 0 Å². The maximum Gasteiger partial charge on any atom is 0.178 e. The van der Waals surface area contributed by atoms with Crippen LogP contribution in [0.2, 0.25) is 5.15 Å². The van der Waals surface area contributed by atoms with Gasteiger partial charge in [0.1, 0.15) is 10.7 Å². The molecule has 1 fully saturated rings. The molecule has 17 heavy (non-hydrogen) atoms. The van der Waals surface area contributed by atoms with Crippen molar-refractivity contribution in [1.82, 2.24) is 19.7 Å². The molecule has 0 aromatic carbocycles. The molecule has 1 aliphatic carbocycles. The number of aromatic nitrogens is 4. The minimum absolute atomic E-state index is 0.164. The minimum atomic E-state index is -0.164. The molecule has 0 spiro atoms. The van der Waals surface area contributed by atoms with Gasteiger partial charge in [-0.15, -0.1) is 0 Å². The summed E-state index contributed by atoms with van der Waals surface area (Å²) in [7, 11) is 0. The second-order valence-electron chi connectivity index (χ2n) is 4.45. The van der Waals surface area contributed by atoms with E-state index in [0.29, 0.717) is 11.2 Å². The second kappa shape index (κ2) is 4.23. The molecule has 0 atom stereocenters. The third kappa shape index (κ3) is 2.00. The van der Waals surface area contributed by atoms with Crippen molar-refractivity contribution in [3.63, 3.8) is 0 Å². The van der Waals surface area contributed by atoms with Crippen molar-refractivity contribution in [2.45, 2.75) is 37.8 Å². The van der Waals surface area contributed by atoms with Crippen molar-refractivity contribution in [3.05, 3.63) is 17.5 Å². The van der Waals surface area contributed by atoms with Crippen LogP contribution in [0.5, 0.6) is 0 Å². The summed E-state index contributed by atoms with van der Waals surface area (Å²) in [6, 6.07) is 0.295. The van der Waals surface area contributed by atoms with Crippen LogP contribution >= 0.6 is 11.6 Å². The molecule has 0 saturated heterocycles. The van der Waals surface area contributed by atoms with E-state index in [9.17, 15) is 5.11 Å². The molecule has 90 valence electrons. The van der Waals surface area contributed by atoms with Gasteiger partial charge in [-0.2, -0.15) is 5.10 Å². The molecule has 0 bridgehead atoms. The Morgan fingerprint density at radius 1 is 1.24 bits per heavy atom. The summed E-state index contributed by atoms with van der Waals surface area (Å²) in [5.41, 5.74) is 1.50. The van der Waals surface area contributed by atoms with Gasteiger partial charge in [-0.3, -0.25) is 0 Å². The predicted molar refractivity (Wildman–Crippen MR) is 63.8 cm³/mol. The first kappa shape index (κ1) is 10.9. The van der Waals surface area contributed by atoms with Gasteiger partial charge in [0.25, 0.3) is 0 Å². The van der Waals surface area contributed by atoms with Crippen molar-refractivity contribution in [2.24, 2.45) is 0 Å². The number of hydrogen-bond donors (Lipinski definition) is 1. The fourth-order valence-corrected chi connectivity index (χ4v) is 2.50. The summed E-state index contributed by atoms with van der Waals surface area (Å²) < 4.78 is 1.89. The first-order valence-corrected chi connectivity index (χ1v) is 6.15. The van der Waals surface area contributed by atoms with E-state index in [1.807, 2.05) is 4.68 Å². The number of hydrogen-bond acceptors (Lipinski definition) is 4. The van der Waals surface area contributed by atoms with Crippen molar-refractivity contribution < 1.29 is 5.11 Å². The summed E-state index contributed by atoms with van der Waals surface area (Å²) in [6.07, 6.45) is 6.56. The Kier molecular flexibility index (Phi) is 2.72. The van der Waals surface area contributed by atoms with Gasteiger partial charge in [-0.05, 0) is 25.7 Å². The Morgan fingerprint density at radius 3 is 2.76 bits per heavy atom. The number of aliphatic hydroxyl groups is 1. The normalized spacial score (nSPS) is 25.3. The third-order valence-electron chi connectivity index (χ3n) is 3.29. The van der Waals surface area contributed by atoms with Gasteiger partial charge < -0.3 is 5.11 Å². The summed E-state index contributed by atoms with van der Waals surface area (Å²) >= 11 is 5.85. The molecule has 2 heterocycles. The molecule has 6 heteroatoms. The van der Waals surface area contributed by atoms with Crippen LogP contribution in [-0.4, -0.2) is 31.0 Å². The fraction of sp³-hybridized carbons (Fsp3) is 0.545. The molecule has 0 aliphatic heterocycles. The largest absolute Gasteiger partial charge is 0.393 e. The van der Waals surface area contributed by atoms with Gasteiger partial charge >= 0.3 is 0 Å². The lowest BCUT2D eigenvalue weighted by Gasteiger charge is -2.25. The average molecular weight is 253 g/mol. The molecule has 1 N–H and O–H groups in total. The number of rotatable bonds is 1. The lowest BCUT2D eigenvalue weighted by atomic mass is 9.93. The van der Waals surface area contributed by atoms with E-state index >= 15 is 0 Å². The van der Waals surface area contributed by atoms with Gasteiger partial charge in [0.2, 0.25) is 0 Å². The first-order chi connectivity index (χ1) is 8.24. The molecule has 1 aliphatic rings. The van der Waals surface area contributed by atoms with Crippen molar-refractivity contribution in [3.8, 4) is 0 Å². The minimum Gasteiger partial charge on any atom is -0.393 e. The summed E-state index contributed by atoms with van der Waals surface area (Å²) in [6.45, 7) is 0. The molecular formula is C11H13ClN4O. The summed E-state index contributed by atoms with van der Waals surface area (Å²) in [5.74, 6) is 0. The van der Waals surface area contributed by atoms with Gasteiger partial charge in [0.15, 0.2) is 5.65 Å². The Hall–Kier alpha value is -1.20. The maximum atomic E-state index is 9.50. The first-order valence-electron chi connectivity index (χ1n) is 5.78. The van der Waals surface area contributed by atoms with E-state index in [4.69, 9.17) is 11.6 Å². The van der Waals surface area contributed by atoms with Gasteiger partial charge in [-0.1, -0.05) is 11.6 Å². The van der Waals surface area contributed by atoms with Gasteiger partial charge in [-0.25, -0.2) is 14.6 Å². The molecule has 0 radical (unpaired) electrons. The zero-order valence-electron chi connectivity index (χ0n) is 9.25. The van der Waals surface area contributed by atoms with E-state index < -0.39 is 0 Å². The lowest BCUT2D eigenvalue weighted by molar-refractivity contribution is 0.109. The number of halogens is 1. The van der Waals surface area contributed by atoms with E-state index in [2.05, 4.69) is 15.1 Å². The Balaban J connectivity index is 1.97. The quantitative estimate of drug-likeness (QED) is 0.843. The van der Waals surface area contributed by atoms with E-state index in [1.165, 1.54) is 6.20 Å². The molecule has 0 amide bonds. The highest BCUT2D eigenvalue weighted by Crippen LogP contribution is 2.29. The van der Waals surface area contributed by atoms with Crippen LogP contribution in [0.15, 0.2) is 12.4 Å². The van der Waals surface area contributed by atoms with Crippen LogP contribution in [-0.2, 0) is 0 Å². The van der Waals surface area contributed by atoms with Gasteiger partial charge in [0, 0.05) is 0 Å². The Bertz CT molecular complexity index is 533. The SMILES string of the molecule is OC1CCC(n2ncc3ncc(Cl)nc32)CC1. The number of aliphatic hydroxyl groups excluding tert-OH is 1. The smallest absolute Gasteiger partial charge is 0.178 e. The van der Waals surface area contributed by atoms with Crippen LogP contribution < -0.4 is 0 Å². The lowest BCUT2D eigenvalue weighted by Crippen LogP contribution is -2.21. The second-order valence-corrected chi connectivity index (χ2v) is 4.84. The van der Waals surface area contributed by atoms with Crippen LogP contribution in [0.25, 0.3) is 11.2 Å². The predicted octanol–water partition coefficient (Wildman–Crippen LogP) is 1.96. The standard InChI is InChI=1S/C11H13ClN4O/c12-10-6-13-9-5-14-16(11(9)15-10)7-1-3-8(17)4-2-7/h5-8,17H,1-4H2. The molecule has 2 aromatic heterocycles. The Labute approximate surface area is 103 Å². The number of nitrogens with zero attached hydrogens (tertiary/aromatic N) is 4. The summed E-state index contributed by atoms with van der Waals surface area (Å²) in [5, 5.41) is 14.2. The molecule has 2 aromatic rings. The number of fused-ring (bicyclic) bond motifs is 1. The Morgan fingerprint density at radius 2 is 2.00 bits per heavy atom. The van der Waals surface area contributed by atoms with Crippen molar-refractivity contribution in [1.29, 1.82) is 0 Å². The topological polar surface area (TPSA) is 63.8 Å². The van der Waals surface area contributed by atoms with E-state index in [0.717, 1.165) is 36.8 Å². The third-order valence-corrected chi connectivity index (χ3v) is 3.47. The maximum absolute atomic E-state index is 9.50. The fourth-order valence-electron chi connectivity index (χ4n) is 2.37. The van der Waals surface area contributed by atoms with Crippen molar-refractivity contribution >= 4 is 22.8 Å². The molecule has 0 unspecified atom stereocenters. The highest BCUT2D eigenvalue weighted by Gasteiger charge is 2.23. The van der Waals surface area contributed by atoms with Crippen LogP contribution in [0, 0.1) is 0 Å². The van der Waals surface area contributed by atoms with Gasteiger partial charge in [0.05, 0.1) is 24.5 Å². The summed E-state index contributed by atoms with van der Waals surface area (Å²) in [4.78, 5) is 8.45. The average Bonchev–Trinajstić information content (AvgIpc) is 2.73. The molecule has 5 nitrogen and oxygen atoms in total. The van der Waals surface area contributed by atoms with Crippen LogP contribution in [0.1, 0.15) is 31.7 Å².